The number of ether oxygens (including phenoxy) is 1. The molecule has 0 aromatic heterocycles. The number of aliphatic carboxylic acids is 1. The van der Waals surface area contributed by atoms with Crippen molar-refractivity contribution in [3.8, 4) is 0 Å². The third-order valence-electron chi connectivity index (χ3n) is 3.13. The minimum Gasteiger partial charge on any atom is -0.480 e. The van der Waals surface area contributed by atoms with Gasteiger partial charge >= 0.3 is 5.97 Å². The molecule has 1 rings (SSSR count). The van der Waals surface area contributed by atoms with E-state index in [1.807, 2.05) is 0 Å². The summed E-state index contributed by atoms with van der Waals surface area (Å²) in [5.74, 6) is -2.61. The van der Waals surface area contributed by atoms with E-state index in [0.29, 0.717) is 0 Å². The second kappa shape index (κ2) is 6.55. The smallest absolute Gasteiger partial charge is 0.370 e. The second-order valence-corrected chi connectivity index (χ2v) is 4.60. The largest absolute Gasteiger partial charge is 0.480 e. The first-order chi connectivity index (χ1) is 9.27. The summed E-state index contributed by atoms with van der Waals surface area (Å²) >= 11 is 0. The third-order valence-corrected chi connectivity index (χ3v) is 3.13. The number of aliphatic hydroxyl groups is 3. The Kier molecular flexibility index (Phi) is 5.31. The van der Waals surface area contributed by atoms with E-state index >= 15 is 0 Å². The van der Waals surface area contributed by atoms with E-state index in [-0.39, 0.29) is 5.96 Å². The molecular weight excluding hydrogens is 270 g/mol. The fourth-order valence-corrected chi connectivity index (χ4v) is 1.99. The highest BCUT2D eigenvalue weighted by atomic mass is 16.5. The van der Waals surface area contributed by atoms with Gasteiger partial charge in [-0.1, -0.05) is 6.92 Å². The van der Waals surface area contributed by atoms with Crippen LogP contribution in [0, 0.1) is 11.3 Å². The van der Waals surface area contributed by atoms with Gasteiger partial charge in [0.1, 0.15) is 18.3 Å². The van der Waals surface area contributed by atoms with Crippen LogP contribution < -0.4 is 11.1 Å². The highest BCUT2D eigenvalue weighted by molar-refractivity contribution is 5.85. The molecule has 9 heteroatoms. The number of carbonyl (C=O) groups is 1. The maximum Gasteiger partial charge on any atom is 0.370 e. The molecule has 1 heterocycles. The van der Waals surface area contributed by atoms with Crippen molar-refractivity contribution >= 4 is 11.9 Å². The molecule has 0 bridgehead atoms. The molecule has 8 N–H and O–H groups in total. The summed E-state index contributed by atoms with van der Waals surface area (Å²) in [6, 6.07) is -0.655. The number of hydrogen-bond acceptors (Lipinski definition) is 6. The van der Waals surface area contributed by atoms with Gasteiger partial charge in [0.2, 0.25) is 5.76 Å². The average molecular weight is 289 g/mol. The molecule has 1 aliphatic rings. The van der Waals surface area contributed by atoms with Crippen molar-refractivity contribution in [2.45, 2.75) is 31.3 Å². The van der Waals surface area contributed by atoms with Crippen LogP contribution in [0.1, 0.15) is 6.92 Å². The lowest BCUT2D eigenvalue weighted by Gasteiger charge is -2.38. The average Bonchev–Trinajstić information content (AvgIpc) is 2.38. The standard InChI is InChI=1S/C11H19N3O6/c1-4-5(14-11(12)13)2-7(10(18)19)20-9(4)8(17)6(16)3-15/h2,4-6,8-9,15-17H,3H2,1H3,(H,18,19)(H4,12,13,14)/t4-,5+,6-,8-,9-/m1/s1. The van der Waals surface area contributed by atoms with Gasteiger partial charge in [-0.25, -0.2) is 4.79 Å². The number of nitrogens with two attached hydrogens (primary N) is 1. The first-order valence-corrected chi connectivity index (χ1v) is 5.97. The first-order valence-electron chi connectivity index (χ1n) is 5.97. The van der Waals surface area contributed by atoms with Crippen LogP contribution in [-0.4, -0.2) is 63.3 Å². The van der Waals surface area contributed by atoms with Crippen LogP contribution in [0.3, 0.4) is 0 Å². The van der Waals surface area contributed by atoms with E-state index in [1.54, 1.807) is 6.92 Å². The zero-order valence-electron chi connectivity index (χ0n) is 10.9. The summed E-state index contributed by atoms with van der Waals surface area (Å²) in [5, 5.41) is 46.9. The van der Waals surface area contributed by atoms with Gasteiger partial charge in [0, 0.05) is 5.92 Å². The number of rotatable bonds is 5. The summed E-state index contributed by atoms with van der Waals surface area (Å²) < 4.78 is 5.15. The highest BCUT2D eigenvalue weighted by Gasteiger charge is 2.40. The van der Waals surface area contributed by atoms with E-state index in [9.17, 15) is 15.0 Å². The zero-order valence-corrected chi connectivity index (χ0v) is 10.9. The molecular formula is C11H19N3O6. The van der Waals surface area contributed by atoms with Gasteiger partial charge in [-0.3, -0.25) is 5.41 Å². The summed E-state index contributed by atoms with van der Waals surface area (Å²) in [7, 11) is 0. The van der Waals surface area contributed by atoms with Crippen molar-refractivity contribution in [2.75, 3.05) is 6.61 Å². The van der Waals surface area contributed by atoms with Crippen LogP contribution in [0.15, 0.2) is 11.8 Å². The number of aliphatic hydroxyl groups excluding tert-OH is 3. The molecule has 0 aromatic carbocycles. The fraction of sp³-hybridized carbons (Fsp3) is 0.636. The maximum absolute atomic E-state index is 11.0. The second-order valence-electron chi connectivity index (χ2n) is 4.60. The Morgan fingerprint density at radius 1 is 1.60 bits per heavy atom. The highest BCUT2D eigenvalue weighted by Crippen LogP contribution is 2.27. The quantitative estimate of drug-likeness (QED) is 0.216. The minimum atomic E-state index is -1.48. The SMILES string of the molecule is C[C@H]1[C@H]([C@H](O)[C@H](O)CO)OC(C(=O)O)=C[C@@H]1NC(=N)N. The molecule has 0 aromatic rings. The van der Waals surface area contributed by atoms with Gasteiger partial charge in [-0.2, -0.15) is 0 Å². The lowest BCUT2D eigenvalue weighted by molar-refractivity contribution is -0.147. The van der Waals surface area contributed by atoms with Crippen LogP contribution in [0.25, 0.3) is 0 Å². The molecule has 0 saturated heterocycles. The number of hydrogen-bond donors (Lipinski definition) is 7. The number of guanidine groups is 1. The van der Waals surface area contributed by atoms with Crippen molar-refractivity contribution in [3.05, 3.63) is 11.8 Å². The summed E-state index contributed by atoms with van der Waals surface area (Å²) in [6.45, 7) is 0.943. The molecule has 0 spiro atoms. The molecule has 0 aliphatic carbocycles. The minimum absolute atomic E-state index is 0.360. The predicted octanol–water partition coefficient (Wildman–Crippen LogP) is -2.44. The molecule has 0 radical (unpaired) electrons. The molecule has 5 atom stereocenters. The van der Waals surface area contributed by atoms with Crippen molar-refractivity contribution < 1.29 is 30.0 Å². The van der Waals surface area contributed by atoms with Crippen LogP contribution in [0.5, 0.6) is 0 Å². The fourth-order valence-electron chi connectivity index (χ4n) is 1.99. The Morgan fingerprint density at radius 3 is 2.65 bits per heavy atom. The summed E-state index contributed by atoms with van der Waals surface area (Å²) in [5.41, 5.74) is 5.22. The number of carboxylic acid groups (broad SMARTS) is 1. The van der Waals surface area contributed by atoms with Crippen LogP contribution in [-0.2, 0) is 9.53 Å². The van der Waals surface area contributed by atoms with Crippen molar-refractivity contribution in [2.24, 2.45) is 11.7 Å². The van der Waals surface area contributed by atoms with Crippen LogP contribution in [0.2, 0.25) is 0 Å². The normalized spacial score (nSPS) is 28.8. The van der Waals surface area contributed by atoms with Crippen molar-refractivity contribution in [1.82, 2.24) is 5.32 Å². The van der Waals surface area contributed by atoms with Gasteiger partial charge < -0.3 is 36.2 Å². The predicted molar refractivity (Wildman–Crippen MR) is 67.7 cm³/mol. The number of carboxylic acids is 1. The lowest BCUT2D eigenvalue weighted by atomic mass is 9.87. The monoisotopic (exact) mass is 289 g/mol. The van der Waals surface area contributed by atoms with E-state index in [0.717, 1.165) is 0 Å². The Hall–Kier alpha value is -1.84. The Bertz CT molecular complexity index is 413. The maximum atomic E-state index is 11.0. The zero-order chi connectivity index (χ0) is 15.4. The third kappa shape index (κ3) is 3.59. The molecule has 0 amide bonds. The molecule has 0 unspecified atom stereocenters. The first kappa shape index (κ1) is 16.2. The molecule has 114 valence electrons. The van der Waals surface area contributed by atoms with Gasteiger partial charge in [0.25, 0.3) is 0 Å². The Balaban J connectivity index is 3.00. The molecule has 20 heavy (non-hydrogen) atoms. The van der Waals surface area contributed by atoms with E-state index in [2.05, 4.69) is 5.32 Å². The Morgan fingerprint density at radius 2 is 2.20 bits per heavy atom. The van der Waals surface area contributed by atoms with E-state index in [4.69, 9.17) is 26.1 Å². The van der Waals surface area contributed by atoms with E-state index in [1.165, 1.54) is 6.08 Å². The molecule has 0 saturated carbocycles. The van der Waals surface area contributed by atoms with Gasteiger partial charge in [-0.15, -0.1) is 0 Å². The van der Waals surface area contributed by atoms with Crippen LogP contribution >= 0.6 is 0 Å². The molecule has 9 nitrogen and oxygen atoms in total. The van der Waals surface area contributed by atoms with Crippen molar-refractivity contribution in [1.29, 1.82) is 5.41 Å². The van der Waals surface area contributed by atoms with Gasteiger partial charge in [-0.05, 0) is 6.08 Å². The number of nitrogens with one attached hydrogen (secondary N) is 2. The van der Waals surface area contributed by atoms with E-state index < -0.39 is 48.6 Å². The Labute approximate surface area is 115 Å². The molecule has 1 aliphatic heterocycles. The van der Waals surface area contributed by atoms with Gasteiger partial charge in [0.15, 0.2) is 5.96 Å². The summed E-state index contributed by atoms with van der Waals surface area (Å²) in [4.78, 5) is 11.0. The molecule has 0 fully saturated rings. The van der Waals surface area contributed by atoms with Crippen molar-refractivity contribution in [3.63, 3.8) is 0 Å². The lowest BCUT2D eigenvalue weighted by Crippen LogP contribution is -2.54. The topological polar surface area (TPSA) is 169 Å². The summed E-state index contributed by atoms with van der Waals surface area (Å²) in [6.07, 6.45) is -2.77. The van der Waals surface area contributed by atoms with Crippen LogP contribution in [0.4, 0.5) is 0 Å². The van der Waals surface area contributed by atoms with Gasteiger partial charge in [0.05, 0.1) is 12.6 Å².